The lowest BCUT2D eigenvalue weighted by Crippen LogP contribution is -2.41. The number of hydrogen-bond donors (Lipinski definition) is 1. The maximum Gasteiger partial charge on any atom is 0.0707 e. The summed E-state index contributed by atoms with van der Waals surface area (Å²) in [7, 11) is 0. The third-order valence-electron chi connectivity index (χ3n) is 4.22. The van der Waals surface area contributed by atoms with Gasteiger partial charge in [0.05, 0.1) is 18.3 Å². The molecule has 4 heteroatoms. The predicted octanol–water partition coefficient (Wildman–Crippen LogP) is 1.64. The first kappa shape index (κ1) is 15.2. The van der Waals surface area contributed by atoms with E-state index in [1.54, 1.807) is 0 Å². The van der Waals surface area contributed by atoms with Gasteiger partial charge in [0.25, 0.3) is 0 Å². The zero-order chi connectivity index (χ0) is 13.5. The molecular weight excluding hydrogens is 240 g/mol. The van der Waals surface area contributed by atoms with Gasteiger partial charge in [-0.25, -0.2) is 0 Å². The molecule has 2 aliphatic rings. The summed E-state index contributed by atoms with van der Waals surface area (Å²) < 4.78 is 11.8. The van der Waals surface area contributed by atoms with Gasteiger partial charge in [-0.3, -0.25) is 0 Å². The van der Waals surface area contributed by atoms with Gasteiger partial charge >= 0.3 is 0 Å². The molecule has 19 heavy (non-hydrogen) atoms. The second-order valence-corrected chi connectivity index (χ2v) is 5.72. The van der Waals surface area contributed by atoms with Crippen LogP contribution in [0.25, 0.3) is 0 Å². The van der Waals surface area contributed by atoms with Gasteiger partial charge in [-0.05, 0) is 39.2 Å². The standard InChI is InChI=1S/C15H30N2O2/c1-3-16-11-14-5-6-15(19-14)12-17-9-7-13(8-10-17)18-4-2/h13-16H,3-12H2,1-2H3. The van der Waals surface area contributed by atoms with Crippen LogP contribution in [0.5, 0.6) is 0 Å². The monoisotopic (exact) mass is 270 g/mol. The molecule has 2 atom stereocenters. The highest BCUT2D eigenvalue weighted by Crippen LogP contribution is 2.22. The first-order valence-corrected chi connectivity index (χ1v) is 8.02. The SMILES string of the molecule is CCNCC1CCC(CN2CCC(OCC)CC2)O1. The molecule has 2 saturated heterocycles. The number of hydrogen-bond acceptors (Lipinski definition) is 4. The molecule has 1 N–H and O–H groups in total. The molecular formula is C15H30N2O2. The maximum absolute atomic E-state index is 6.11. The van der Waals surface area contributed by atoms with Gasteiger partial charge in [-0.2, -0.15) is 0 Å². The Bertz CT molecular complexity index is 242. The highest BCUT2D eigenvalue weighted by molar-refractivity contribution is 4.80. The Labute approximate surface area is 117 Å². The zero-order valence-corrected chi connectivity index (χ0v) is 12.6. The molecule has 0 amide bonds. The summed E-state index contributed by atoms with van der Waals surface area (Å²) in [6, 6.07) is 0. The van der Waals surface area contributed by atoms with Crippen LogP contribution in [-0.2, 0) is 9.47 Å². The van der Waals surface area contributed by atoms with Crippen molar-refractivity contribution in [1.82, 2.24) is 10.2 Å². The quantitative estimate of drug-likeness (QED) is 0.762. The predicted molar refractivity (Wildman–Crippen MR) is 77.5 cm³/mol. The van der Waals surface area contributed by atoms with Crippen LogP contribution in [-0.4, -0.2) is 62.5 Å². The summed E-state index contributed by atoms with van der Waals surface area (Å²) in [6.07, 6.45) is 6.18. The molecule has 2 unspecified atom stereocenters. The molecule has 2 aliphatic heterocycles. The first-order chi connectivity index (χ1) is 9.31. The van der Waals surface area contributed by atoms with Crippen LogP contribution in [0.15, 0.2) is 0 Å². The molecule has 0 bridgehead atoms. The number of likely N-dealkylation sites (tertiary alicyclic amines) is 1. The van der Waals surface area contributed by atoms with E-state index in [1.165, 1.54) is 38.8 Å². The van der Waals surface area contributed by atoms with E-state index in [9.17, 15) is 0 Å². The molecule has 112 valence electrons. The lowest BCUT2D eigenvalue weighted by Gasteiger charge is -2.33. The topological polar surface area (TPSA) is 33.7 Å². The van der Waals surface area contributed by atoms with E-state index in [0.29, 0.717) is 18.3 Å². The normalized spacial score (nSPS) is 30.0. The zero-order valence-electron chi connectivity index (χ0n) is 12.6. The lowest BCUT2D eigenvalue weighted by molar-refractivity contribution is -0.0119. The molecule has 0 aromatic rings. The fourth-order valence-electron chi connectivity index (χ4n) is 3.15. The minimum atomic E-state index is 0.436. The van der Waals surface area contributed by atoms with Gasteiger partial charge in [-0.1, -0.05) is 6.92 Å². The highest BCUT2D eigenvalue weighted by Gasteiger charge is 2.28. The van der Waals surface area contributed by atoms with Crippen molar-refractivity contribution in [3.05, 3.63) is 0 Å². The molecule has 0 aliphatic carbocycles. The van der Waals surface area contributed by atoms with Gasteiger partial charge in [-0.15, -0.1) is 0 Å². The van der Waals surface area contributed by atoms with Crippen molar-refractivity contribution in [1.29, 1.82) is 0 Å². The highest BCUT2D eigenvalue weighted by atomic mass is 16.5. The van der Waals surface area contributed by atoms with Crippen molar-refractivity contribution >= 4 is 0 Å². The summed E-state index contributed by atoms with van der Waals surface area (Å²) in [5, 5.41) is 3.38. The van der Waals surface area contributed by atoms with Crippen molar-refractivity contribution in [3.8, 4) is 0 Å². The number of rotatable bonds is 7. The number of nitrogens with one attached hydrogen (secondary N) is 1. The Morgan fingerprint density at radius 2 is 1.84 bits per heavy atom. The summed E-state index contributed by atoms with van der Waals surface area (Å²) in [5.41, 5.74) is 0. The van der Waals surface area contributed by atoms with Crippen molar-refractivity contribution < 1.29 is 9.47 Å². The average molecular weight is 270 g/mol. The van der Waals surface area contributed by atoms with E-state index in [-0.39, 0.29) is 0 Å². The average Bonchev–Trinajstić information content (AvgIpc) is 2.87. The Kier molecular flexibility index (Phi) is 6.57. The van der Waals surface area contributed by atoms with Crippen molar-refractivity contribution in [2.75, 3.05) is 39.3 Å². The van der Waals surface area contributed by atoms with Crippen LogP contribution in [0.4, 0.5) is 0 Å². The van der Waals surface area contributed by atoms with E-state index in [0.717, 1.165) is 26.2 Å². The second-order valence-electron chi connectivity index (χ2n) is 5.72. The van der Waals surface area contributed by atoms with Crippen LogP contribution in [0.2, 0.25) is 0 Å². The van der Waals surface area contributed by atoms with Gasteiger partial charge in [0.2, 0.25) is 0 Å². The molecule has 0 saturated carbocycles. The maximum atomic E-state index is 6.11. The molecule has 0 aromatic heterocycles. The molecule has 0 spiro atoms. The summed E-state index contributed by atoms with van der Waals surface area (Å²) >= 11 is 0. The fraction of sp³-hybridized carbons (Fsp3) is 1.00. The van der Waals surface area contributed by atoms with E-state index in [4.69, 9.17) is 9.47 Å². The lowest BCUT2D eigenvalue weighted by atomic mass is 10.1. The number of nitrogens with zero attached hydrogens (tertiary/aromatic N) is 1. The van der Waals surface area contributed by atoms with E-state index in [2.05, 4.69) is 24.1 Å². The summed E-state index contributed by atoms with van der Waals surface area (Å²) in [4.78, 5) is 2.55. The van der Waals surface area contributed by atoms with Crippen molar-refractivity contribution in [2.45, 2.75) is 57.8 Å². The first-order valence-electron chi connectivity index (χ1n) is 8.02. The van der Waals surface area contributed by atoms with Gasteiger partial charge in [0.1, 0.15) is 0 Å². The largest absolute Gasteiger partial charge is 0.378 e. The van der Waals surface area contributed by atoms with Crippen LogP contribution >= 0.6 is 0 Å². The van der Waals surface area contributed by atoms with E-state index < -0.39 is 0 Å². The molecule has 2 rings (SSSR count). The fourth-order valence-corrected chi connectivity index (χ4v) is 3.15. The number of likely N-dealkylation sites (N-methyl/N-ethyl adjacent to an activating group) is 1. The second kappa shape index (κ2) is 8.20. The van der Waals surface area contributed by atoms with Crippen molar-refractivity contribution in [2.24, 2.45) is 0 Å². The molecule has 0 aromatic carbocycles. The Hall–Kier alpha value is -0.160. The smallest absolute Gasteiger partial charge is 0.0707 e. The Morgan fingerprint density at radius 1 is 1.11 bits per heavy atom. The number of ether oxygens (including phenoxy) is 2. The minimum absolute atomic E-state index is 0.436. The third-order valence-corrected chi connectivity index (χ3v) is 4.22. The van der Waals surface area contributed by atoms with Crippen molar-refractivity contribution in [3.63, 3.8) is 0 Å². The van der Waals surface area contributed by atoms with Crippen LogP contribution < -0.4 is 5.32 Å². The molecule has 4 nitrogen and oxygen atoms in total. The Balaban J connectivity index is 1.61. The summed E-state index contributed by atoms with van der Waals surface area (Å²) in [6.45, 7) is 10.6. The van der Waals surface area contributed by atoms with Crippen LogP contribution in [0, 0.1) is 0 Å². The molecule has 0 radical (unpaired) electrons. The molecule has 2 fully saturated rings. The van der Waals surface area contributed by atoms with Crippen LogP contribution in [0.3, 0.4) is 0 Å². The third kappa shape index (κ3) is 5.03. The van der Waals surface area contributed by atoms with Gasteiger partial charge in [0.15, 0.2) is 0 Å². The Morgan fingerprint density at radius 3 is 2.53 bits per heavy atom. The van der Waals surface area contributed by atoms with Crippen LogP contribution in [0.1, 0.15) is 39.5 Å². The van der Waals surface area contributed by atoms with Gasteiger partial charge in [0, 0.05) is 32.8 Å². The summed E-state index contributed by atoms with van der Waals surface area (Å²) in [5.74, 6) is 0. The minimum Gasteiger partial charge on any atom is -0.378 e. The van der Waals surface area contributed by atoms with E-state index >= 15 is 0 Å². The molecule has 2 heterocycles. The number of piperidine rings is 1. The van der Waals surface area contributed by atoms with E-state index in [1.807, 2.05) is 0 Å². The van der Waals surface area contributed by atoms with Gasteiger partial charge < -0.3 is 19.7 Å².